The molecule has 0 saturated carbocycles. The van der Waals surface area contributed by atoms with Crippen LogP contribution in [0.15, 0.2) is 24.3 Å². The van der Waals surface area contributed by atoms with Gasteiger partial charge in [-0.05, 0) is 57.3 Å². The van der Waals surface area contributed by atoms with Crippen LogP contribution in [0.2, 0.25) is 0 Å². The number of nitrogens with zero attached hydrogens (tertiary/aromatic N) is 2. The molecule has 2 heterocycles. The number of hydrazine groups is 1. The predicted molar refractivity (Wildman–Crippen MR) is 98.2 cm³/mol. The summed E-state index contributed by atoms with van der Waals surface area (Å²) < 4.78 is 5.37. The second kappa shape index (κ2) is 6.65. The fourth-order valence-electron chi connectivity index (χ4n) is 3.09. The Morgan fingerprint density at radius 2 is 2.00 bits per heavy atom. The summed E-state index contributed by atoms with van der Waals surface area (Å²) in [4.78, 5) is 37.4. The number of thiocarbonyl (C=S) groups is 1. The highest BCUT2D eigenvalue weighted by Crippen LogP contribution is 2.33. The molecule has 3 amide bonds. The first kappa shape index (κ1) is 18.3. The number of amides is 3. The number of nitrogens with one attached hydrogen (secondary N) is 2. The minimum Gasteiger partial charge on any atom is -0.494 e. The minimum absolute atomic E-state index is 0.00399. The Hall–Kier alpha value is -2.52. The van der Waals surface area contributed by atoms with Crippen LogP contribution in [0.5, 0.6) is 5.75 Å². The zero-order valence-corrected chi connectivity index (χ0v) is 15.6. The number of benzene rings is 1. The highest BCUT2D eigenvalue weighted by molar-refractivity contribution is 7.80. The molecule has 8 nitrogen and oxygen atoms in total. The lowest BCUT2D eigenvalue weighted by atomic mass is 10.00. The first-order valence-corrected chi connectivity index (χ1v) is 8.68. The van der Waals surface area contributed by atoms with E-state index in [2.05, 4.69) is 10.6 Å². The number of hydrogen-bond acceptors (Lipinski definition) is 6. The van der Waals surface area contributed by atoms with E-state index in [4.69, 9.17) is 17.0 Å². The van der Waals surface area contributed by atoms with Crippen LogP contribution in [0, 0.1) is 0 Å². The van der Waals surface area contributed by atoms with Gasteiger partial charge in [0, 0.05) is 5.69 Å². The van der Waals surface area contributed by atoms with Crippen molar-refractivity contribution in [3.05, 3.63) is 24.3 Å². The second-order valence-corrected chi connectivity index (χ2v) is 6.92. The zero-order chi connectivity index (χ0) is 19.1. The predicted octanol–water partition coefficient (Wildman–Crippen LogP) is 1.03. The quantitative estimate of drug-likeness (QED) is 0.763. The lowest BCUT2D eigenvalue weighted by Crippen LogP contribution is -2.71. The number of fused-ring (bicyclic) bond motifs is 1. The smallest absolute Gasteiger partial charge is 0.248 e. The van der Waals surface area contributed by atoms with Gasteiger partial charge in [0.05, 0.1) is 13.0 Å². The number of carbonyl (C=O) groups is 3. The average molecular weight is 376 g/mol. The fourth-order valence-corrected chi connectivity index (χ4v) is 3.37. The van der Waals surface area contributed by atoms with Gasteiger partial charge in [0.2, 0.25) is 17.7 Å². The van der Waals surface area contributed by atoms with Crippen LogP contribution in [0.1, 0.15) is 27.2 Å². The van der Waals surface area contributed by atoms with Gasteiger partial charge in [-0.3, -0.25) is 19.7 Å². The normalized spacial score (nSPS) is 22.0. The standard InChI is InChI=1S/C17H20N4O4S/c1-4-25-11-7-5-10(6-8-11)18-14(23)12-9-13(22)20-16(26)19-15(24)17(2,3)21(12)20/h5-8,12H,4,9H2,1-3H3,(H,18,23)(H,19,24,26). The Morgan fingerprint density at radius 1 is 1.35 bits per heavy atom. The summed E-state index contributed by atoms with van der Waals surface area (Å²) in [5, 5.41) is 7.96. The van der Waals surface area contributed by atoms with Crippen molar-refractivity contribution in [1.82, 2.24) is 15.3 Å². The summed E-state index contributed by atoms with van der Waals surface area (Å²) in [5.41, 5.74) is -0.513. The van der Waals surface area contributed by atoms with Gasteiger partial charge in [-0.25, -0.2) is 5.01 Å². The first-order chi connectivity index (χ1) is 12.3. The van der Waals surface area contributed by atoms with Gasteiger partial charge in [-0.1, -0.05) is 0 Å². The Kier molecular flexibility index (Phi) is 4.68. The van der Waals surface area contributed by atoms with E-state index < -0.39 is 11.6 Å². The van der Waals surface area contributed by atoms with Gasteiger partial charge < -0.3 is 10.1 Å². The van der Waals surface area contributed by atoms with Crippen molar-refractivity contribution in [2.24, 2.45) is 0 Å². The molecule has 0 aromatic heterocycles. The molecule has 1 unspecified atom stereocenters. The van der Waals surface area contributed by atoms with Crippen LogP contribution in [0.3, 0.4) is 0 Å². The summed E-state index contributed by atoms with van der Waals surface area (Å²) in [6, 6.07) is 6.11. The molecule has 2 aliphatic rings. The van der Waals surface area contributed by atoms with Crippen molar-refractivity contribution in [3.63, 3.8) is 0 Å². The average Bonchev–Trinajstić information content (AvgIpc) is 2.94. The number of carbonyl (C=O) groups excluding carboxylic acids is 3. The molecule has 0 spiro atoms. The molecular formula is C17H20N4O4S. The molecule has 3 rings (SSSR count). The van der Waals surface area contributed by atoms with Gasteiger partial charge in [0.25, 0.3) is 0 Å². The molecule has 0 radical (unpaired) electrons. The van der Waals surface area contributed by atoms with Crippen LogP contribution >= 0.6 is 12.2 Å². The number of anilines is 1. The Bertz CT molecular complexity index is 777. The maximum absolute atomic E-state index is 12.8. The van der Waals surface area contributed by atoms with Crippen molar-refractivity contribution < 1.29 is 19.1 Å². The van der Waals surface area contributed by atoms with Gasteiger partial charge in [0.1, 0.15) is 17.3 Å². The highest BCUT2D eigenvalue weighted by atomic mass is 32.1. The topological polar surface area (TPSA) is 91.0 Å². The van der Waals surface area contributed by atoms with E-state index >= 15 is 0 Å². The van der Waals surface area contributed by atoms with Crippen molar-refractivity contribution >= 4 is 40.7 Å². The van der Waals surface area contributed by atoms with E-state index in [0.717, 1.165) is 0 Å². The van der Waals surface area contributed by atoms with Crippen molar-refractivity contribution in [1.29, 1.82) is 0 Å². The second-order valence-electron chi connectivity index (χ2n) is 6.53. The maximum Gasteiger partial charge on any atom is 0.248 e. The van der Waals surface area contributed by atoms with E-state index in [1.165, 1.54) is 10.0 Å². The van der Waals surface area contributed by atoms with Gasteiger partial charge in [-0.2, -0.15) is 5.01 Å². The lowest BCUT2D eigenvalue weighted by molar-refractivity contribution is -0.154. The van der Waals surface area contributed by atoms with E-state index in [1.807, 2.05) is 6.92 Å². The first-order valence-electron chi connectivity index (χ1n) is 8.27. The third-order valence-corrected chi connectivity index (χ3v) is 4.67. The van der Waals surface area contributed by atoms with Crippen molar-refractivity contribution in [2.45, 2.75) is 38.8 Å². The molecule has 2 N–H and O–H groups in total. The molecule has 9 heteroatoms. The van der Waals surface area contributed by atoms with Gasteiger partial charge in [0.15, 0.2) is 5.11 Å². The van der Waals surface area contributed by atoms with Crippen LogP contribution in [-0.2, 0) is 14.4 Å². The molecular weight excluding hydrogens is 356 g/mol. The lowest BCUT2D eigenvalue weighted by Gasteiger charge is -2.45. The Balaban J connectivity index is 1.81. The molecule has 1 atom stereocenters. The van der Waals surface area contributed by atoms with E-state index in [9.17, 15) is 14.4 Å². The highest BCUT2D eigenvalue weighted by Gasteiger charge is 2.56. The van der Waals surface area contributed by atoms with E-state index in [0.29, 0.717) is 18.0 Å². The summed E-state index contributed by atoms with van der Waals surface area (Å²) in [7, 11) is 0. The number of ether oxygens (including phenoxy) is 1. The van der Waals surface area contributed by atoms with Crippen LogP contribution in [0.25, 0.3) is 0 Å². The summed E-state index contributed by atoms with van der Waals surface area (Å²) in [6.07, 6.45) is -0.0542. The molecule has 1 aromatic rings. The molecule has 2 aliphatic heterocycles. The van der Waals surface area contributed by atoms with Crippen molar-refractivity contribution in [2.75, 3.05) is 11.9 Å². The SMILES string of the molecule is CCOc1ccc(NC(=O)C2CC(=O)N3C(=S)NC(=O)C(C)(C)N23)cc1. The molecule has 1 aromatic carbocycles. The van der Waals surface area contributed by atoms with E-state index in [-0.39, 0.29) is 29.3 Å². The summed E-state index contributed by atoms with van der Waals surface area (Å²) >= 11 is 5.09. The molecule has 0 aliphatic carbocycles. The van der Waals surface area contributed by atoms with Gasteiger partial charge >= 0.3 is 0 Å². The molecule has 0 bridgehead atoms. The van der Waals surface area contributed by atoms with Crippen LogP contribution in [0.4, 0.5) is 5.69 Å². The molecule has 26 heavy (non-hydrogen) atoms. The van der Waals surface area contributed by atoms with Crippen molar-refractivity contribution in [3.8, 4) is 5.75 Å². The van der Waals surface area contributed by atoms with Crippen LogP contribution in [-0.4, -0.2) is 51.0 Å². The zero-order valence-electron chi connectivity index (χ0n) is 14.7. The number of rotatable bonds is 4. The molecule has 138 valence electrons. The minimum atomic E-state index is -1.09. The summed E-state index contributed by atoms with van der Waals surface area (Å²) in [6.45, 7) is 5.73. The fraction of sp³-hybridized carbons (Fsp3) is 0.412. The maximum atomic E-state index is 12.8. The third kappa shape index (κ3) is 3.04. The Labute approximate surface area is 156 Å². The van der Waals surface area contributed by atoms with E-state index in [1.54, 1.807) is 38.1 Å². The Morgan fingerprint density at radius 3 is 2.62 bits per heavy atom. The third-order valence-electron chi connectivity index (χ3n) is 4.39. The number of hydrogen-bond donors (Lipinski definition) is 2. The largest absolute Gasteiger partial charge is 0.494 e. The molecule has 2 saturated heterocycles. The van der Waals surface area contributed by atoms with Gasteiger partial charge in [-0.15, -0.1) is 0 Å². The monoisotopic (exact) mass is 376 g/mol. The van der Waals surface area contributed by atoms with Crippen LogP contribution < -0.4 is 15.4 Å². The summed E-state index contributed by atoms with van der Waals surface area (Å²) in [5.74, 6) is -0.357. The molecule has 2 fully saturated rings.